The monoisotopic (exact) mass is 294 g/mol. The van der Waals surface area contributed by atoms with Gasteiger partial charge in [-0.25, -0.2) is 0 Å². The van der Waals surface area contributed by atoms with Gasteiger partial charge < -0.3 is 10.1 Å². The molecule has 0 saturated heterocycles. The number of nitrogens with zero attached hydrogens (tertiary/aromatic N) is 3. The molecule has 1 atom stereocenters. The first-order valence-electron chi connectivity index (χ1n) is 6.59. The molecule has 0 aliphatic carbocycles. The van der Waals surface area contributed by atoms with E-state index >= 15 is 0 Å². The molecule has 0 aromatic carbocycles. The van der Waals surface area contributed by atoms with Crippen LogP contribution in [0.1, 0.15) is 30.8 Å². The number of nitrogens with one attached hydrogen (secondary N) is 1. The molecule has 5 nitrogen and oxygen atoms in total. The van der Waals surface area contributed by atoms with Crippen molar-refractivity contribution in [1.29, 1.82) is 0 Å². The van der Waals surface area contributed by atoms with E-state index in [1.165, 1.54) is 0 Å². The molecule has 2 rings (SSSR count). The zero-order chi connectivity index (χ0) is 14.5. The first-order valence-corrected chi connectivity index (χ1v) is 6.97. The van der Waals surface area contributed by atoms with E-state index in [0.29, 0.717) is 5.02 Å². The Balaban J connectivity index is 2.44. The first-order chi connectivity index (χ1) is 9.71. The van der Waals surface area contributed by atoms with Crippen LogP contribution in [0, 0.1) is 0 Å². The molecule has 6 heteroatoms. The fourth-order valence-electron chi connectivity index (χ4n) is 2.20. The van der Waals surface area contributed by atoms with Gasteiger partial charge in [0.1, 0.15) is 5.69 Å². The van der Waals surface area contributed by atoms with Crippen LogP contribution in [0.15, 0.2) is 24.5 Å². The largest absolute Gasteiger partial charge is 0.493 e. The van der Waals surface area contributed by atoms with E-state index in [1.807, 2.05) is 23.9 Å². The molecule has 1 N–H and O–H groups in total. The van der Waals surface area contributed by atoms with Crippen LogP contribution in [0.4, 0.5) is 0 Å². The maximum absolute atomic E-state index is 5.90. The first kappa shape index (κ1) is 14.8. The van der Waals surface area contributed by atoms with E-state index in [1.54, 1.807) is 19.5 Å². The van der Waals surface area contributed by atoms with Crippen LogP contribution in [-0.4, -0.2) is 28.9 Å². The lowest BCUT2D eigenvalue weighted by Crippen LogP contribution is -2.23. The summed E-state index contributed by atoms with van der Waals surface area (Å²) < 4.78 is 7.38. The highest BCUT2D eigenvalue weighted by Gasteiger charge is 2.23. The van der Waals surface area contributed by atoms with E-state index in [0.717, 1.165) is 30.1 Å². The normalized spacial score (nSPS) is 12.4. The molecule has 0 aliphatic heterocycles. The van der Waals surface area contributed by atoms with Crippen molar-refractivity contribution in [2.24, 2.45) is 0 Å². The lowest BCUT2D eigenvalue weighted by atomic mass is 10.1. The summed E-state index contributed by atoms with van der Waals surface area (Å²) in [5, 5.41) is 8.28. The maximum atomic E-state index is 5.90. The van der Waals surface area contributed by atoms with Crippen LogP contribution in [0.5, 0.6) is 5.75 Å². The predicted molar refractivity (Wildman–Crippen MR) is 79.2 cm³/mol. The third kappa shape index (κ3) is 2.94. The summed E-state index contributed by atoms with van der Waals surface area (Å²) in [5.74, 6) is 0.759. The minimum atomic E-state index is -0.0868. The Morgan fingerprint density at radius 1 is 1.40 bits per heavy atom. The molecule has 0 bridgehead atoms. The van der Waals surface area contributed by atoms with Gasteiger partial charge in [-0.05, 0) is 25.6 Å². The Morgan fingerprint density at radius 3 is 2.75 bits per heavy atom. The minimum absolute atomic E-state index is 0.0868. The molecule has 0 saturated carbocycles. The van der Waals surface area contributed by atoms with Gasteiger partial charge in [-0.15, -0.1) is 0 Å². The molecule has 2 aromatic rings. The zero-order valence-electron chi connectivity index (χ0n) is 11.9. The molecule has 20 heavy (non-hydrogen) atoms. The summed E-state index contributed by atoms with van der Waals surface area (Å²) in [4.78, 5) is 4.39. The van der Waals surface area contributed by atoms with Crippen molar-refractivity contribution < 1.29 is 4.74 Å². The van der Waals surface area contributed by atoms with Gasteiger partial charge in [0, 0.05) is 12.7 Å². The number of ether oxygens (including phenoxy) is 1. The van der Waals surface area contributed by atoms with Gasteiger partial charge in [-0.2, -0.15) is 5.10 Å². The molecule has 0 spiro atoms. The summed E-state index contributed by atoms with van der Waals surface area (Å²) in [7, 11) is 3.54. The molecule has 0 aliphatic rings. The average Bonchev–Trinajstić information content (AvgIpc) is 2.85. The van der Waals surface area contributed by atoms with Crippen LogP contribution in [0.25, 0.3) is 0 Å². The second kappa shape index (κ2) is 6.72. The van der Waals surface area contributed by atoms with Gasteiger partial charge in [-0.3, -0.25) is 9.67 Å². The smallest absolute Gasteiger partial charge is 0.161 e. The highest BCUT2D eigenvalue weighted by Crippen LogP contribution is 2.29. The number of aryl methyl sites for hydroxylation is 1. The minimum Gasteiger partial charge on any atom is -0.493 e. The zero-order valence-corrected chi connectivity index (χ0v) is 12.7. The fourth-order valence-corrected chi connectivity index (χ4v) is 2.31. The molecule has 2 aromatic heterocycles. The van der Waals surface area contributed by atoms with Crippen molar-refractivity contribution in [2.75, 3.05) is 14.2 Å². The van der Waals surface area contributed by atoms with E-state index < -0.39 is 0 Å². The van der Waals surface area contributed by atoms with Crippen molar-refractivity contribution >= 4 is 11.6 Å². The van der Waals surface area contributed by atoms with E-state index in [9.17, 15) is 0 Å². The van der Waals surface area contributed by atoms with Gasteiger partial charge in [-0.1, -0.05) is 18.5 Å². The third-order valence-electron chi connectivity index (χ3n) is 3.11. The molecule has 2 heterocycles. The van der Waals surface area contributed by atoms with E-state index in [4.69, 9.17) is 16.3 Å². The molecule has 108 valence electrons. The molecular formula is C14H19ClN4O. The standard InChI is InChI=1S/C14H19ClN4O/c1-4-7-19-14(12(20-3)9-18-19)13(16-2)11-6-5-10(15)8-17-11/h5-6,8-9,13,16H,4,7H2,1-3H3. The number of rotatable bonds is 6. The lowest BCUT2D eigenvalue weighted by molar-refractivity contribution is 0.399. The number of hydrogen-bond donors (Lipinski definition) is 1. The fraction of sp³-hybridized carbons (Fsp3) is 0.429. The molecule has 0 amide bonds. The van der Waals surface area contributed by atoms with Crippen LogP contribution in [0.2, 0.25) is 5.02 Å². The predicted octanol–water partition coefficient (Wildman–Crippen LogP) is 2.66. The summed E-state index contributed by atoms with van der Waals surface area (Å²) in [6.07, 6.45) is 4.39. The van der Waals surface area contributed by atoms with Crippen LogP contribution in [-0.2, 0) is 6.54 Å². The van der Waals surface area contributed by atoms with Crippen LogP contribution < -0.4 is 10.1 Å². The van der Waals surface area contributed by atoms with Crippen molar-refractivity contribution in [3.8, 4) is 5.75 Å². The Bertz CT molecular complexity index is 553. The Kier molecular flexibility index (Phi) is 4.98. The van der Waals surface area contributed by atoms with Crippen molar-refractivity contribution in [3.05, 3.63) is 40.9 Å². The van der Waals surface area contributed by atoms with Crippen molar-refractivity contribution in [1.82, 2.24) is 20.1 Å². The third-order valence-corrected chi connectivity index (χ3v) is 3.33. The number of pyridine rings is 1. The molecular weight excluding hydrogens is 276 g/mol. The second-order valence-corrected chi connectivity index (χ2v) is 4.88. The van der Waals surface area contributed by atoms with Crippen molar-refractivity contribution in [2.45, 2.75) is 25.9 Å². The van der Waals surface area contributed by atoms with Gasteiger partial charge in [0.25, 0.3) is 0 Å². The summed E-state index contributed by atoms with van der Waals surface area (Å²) in [6, 6.07) is 3.66. The van der Waals surface area contributed by atoms with E-state index in [2.05, 4.69) is 22.3 Å². The van der Waals surface area contributed by atoms with Gasteiger partial charge in [0.2, 0.25) is 0 Å². The van der Waals surface area contributed by atoms with E-state index in [-0.39, 0.29) is 6.04 Å². The Hall–Kier alpha value is -1.59. The number of hydrogen-bond acceptors (Lipinski definition) is 4. The molecule has 0 fully saturated rings. The number of methoxy groups -OCH3 is 1. The quantitative estimate of drug-likeness (QED) is 0.890. The average molecular weight is 295 g/mol. The summed E-state index contributed by atoms with van der Waals surface area (Å²) in [6.45, 7) is 2.96. The van der Waals surface area contributed by atoms with Crippen LogP contribution in [0.3, 0.4) is 0 Å². The lowest BCUT2D eigenvalue weighted by Gasteiger charge is -2.18. The summed E-state index contributed by atoms with van der Waals surface area (Å²) in [5.41, 5.74) is 1.86. The Morgan fingerprint density at radius 2 is 2.20 bits per heavy atom. The summed E-state index contributed by atoms with van der Waals surface area (Å²) >= 11 is 5.90. The van der Waals surface area contributed by atoms with Gasteiger partial charge in [0.15, 0.2) is 5.75 Å². The van der Waals surface area contributed by atoms with Crippen LogP contribution >= 0.6 is 11.6 Å². The van der Waals surface area contributed by atoms with Gasteiger partial charge >= 0.3 is 0 Å². The maximum Gasteiger partial charge on any atom is 0.161 e. The molecule has 0 radical (unpaired) electrons. The second-order valence-electron chi connectivity index (χ2n) is 4.44. The topological polar surface area (TPSA) is 52.0 Å². The SMILES string of the molecule is CCCn1ncc(OC)c1C(NC)c1ccc(Cl)cn1. The number of halogens is 1. The van der Waals surface area contributed by atoms with Gasteiger partial charge in [0.05, 0.1) is 30.1 Å². The molecule has 1 unspecified atom stereocenters. The highest BCUT2D eigenvalue weighted by molar-refractivity contribution is 6.30. The highest BCUT2D eigenvalue weighted by atomic mass is 35.5. The number of aromatic nitrogens is 3. The van der Waals surface area contributed by atoms with Crippen molar-refractivity contribution in [3.63, 3.8) is 0 Å². The Labute approximate surface area is 123 Å².